The van der Waals surface area contributed by atoms with Crippen molar-refractivity contribution in [2.75, 3.05) is 32.0 Å². The highest BCUT2D eigenvalue weighted by molar-refractivity contribution is 8.00. The van der Waals surface area contributed by atoms with Crippen LogP contribution in [0.5, 0.6) is 0 Å². The third-order valence-electron chi connectivity index (χ3n) is 8.66. The molecule has 22 heteroatoms. The highest BCUT2D eigenvalue weighted by Crippen LogP contribution is 2.41. The average Bonchev–Trinajstić information content (AvgIpc) is 3.58. The lowest BCUT2D eigenvalue weighted by atomic mass is 9.82. The number of benzene rings is 2. The molecule has 1 heterocycles. The van der Waals surface area contributed by atoms with Crippen molar-refractivity contribution in [3.63, 3.8) is 0 Å². The maximum Gasteiger partial charge on any atom is 0.490 e. The van der Waals surface area contributed by atoms with Crippen molar-refractivity contribution in [3.05, 3.63) is 83.7 Å². The third-order valence-corrected chi connectivity index (χ3v) is 10.00. The number of carbonyl (C=O) groups is 6. The number of nitrogens with one attached hydrogen (secondary N) is 2. The molecular formula is C39H49F5N6O10S. The van der Waals surface area contributed by atoms with E-state index in [1.165, 1.54) is 4.90 Å². The van der Waals surface area contributed by atoms with E-state index in [0.29, 0.717) is 17.8 Å². The van der Waals surface area contributed by atoms with E-state index >= 15 is 4.39 Å². The Morgan fingerprint density at radius 2 is 1.46 bits per heavy atom. The van der Waals surface area contributed by atoms with Gasteiger partial charge in [-0.05, 0) is 41.7 Å². The first-order chi connectivity index (χ1) is 28.4. The monoisotopic (exact) mass is 888 g/mol. The van der Waals surface area contributed by atoms with Crippen LogP contribution >= 0.6 is 11.8 Å². The van der Waals surface area contributed by atoms with Crippen molar-refractivity contribution in [1.29, 1.82) is 0 Å². The number of carbonyl (C=O) groups excluding carboxylic acids is 3. The van der Waals surface area contributed by atoms with Crippen LogP contribution in [0.2, 0.25) is 0 Å². The molecule has 0 aliphatic heterocycles. The zero-order valence-corrected chi connectivity index (χ0v) is 34.1. The Kier molecular flexibility index (Phi) is 19.8. The number of aromatic nitrogens is 1. The van der Waals surface area contributed by atoms with Gasteiger partial charge in [-0.3, -0.25) is 24.0 Å². The van der Waals surface area contributed by atoms with E-state index in [2.05, 4.69) is 10.6 Å². The lowest BCUT2D eigenvalue weighted by molar-refractivity contribution is -0.192. The molecule has 0 aliphatic carbocycles. The van der Waals surface area contributed by atoms with Crippen LogP contribution in [-0.2, 0) is 35.3 Å². The molecular weight excluding hydrogens is 840 g/mol. The number of hydrogen-bond acceptors (Lipinski definition) is 10. The number of carboxylic acids is 3. The quantitative estimate of drug-likeness (QED) is 0.0600. The Morgan fingerprint density at radius 1 is 0.869 bits per heavy atom. The number of aliphatic hydroxyl groups is 1. The third kappa shape index (κ3) is 16.8. The first-order valence-corrected chi connectivity index (χ1v) is 19.4. The minimum absolute atomic E-state index is 0.0317. The van der Waals surface area contributed by atoms with Crippen LogP contribution in [0.3, 0.4) is 0 Å². The first kappa shape index (κ1) is 51.6. The number of carboxylic acid groups (broad SMARTS) is 3. The predicted octanol–water partition coefficient (Wildman–Crippen LogP) is 2.96. The minimum Gasteiger partial charge on any atom is -0.481 e. The van der Waals surface area contributed by atoms with Crippen LogP contribution in [0.15, 0.2) is 60.8 Å². The number of thioether (sulfide) groups is 1. The Hall–Kier alpha value is -5.58. The van der Waals surface area contributed by atoms with Gasteiger partial charge in [0.2, 0.25) is 17.7 Å². The van der Waals surface area contributed by atoms with Crippen LogP contribution < -0.4 is 22.1 Å². The molecule has 10 N–H and O–H groups in total. The van der Waals surface area contributed by atoms with Crippen molar-refractivity contribution in [3.8, 4) is 11.1 Å². The number of rotatable bonds is 20. The van der Waals surface area contributed by atoms with Crippen LogP contribution in [0.1, 0.15) is 50.9 Å². The number of nitrogens with zero attached hydrogens (tertiary/aromatic N) is 2. The summed E-state index contributed by atoms with van der Waals surface area (Å²) in [6, 6.07) is 11.1. The molecule has 4 atom stereocenters. The molecule has 1 unspecified atom stereocenters. The Balaban J connectivity index is 0.00000168. The average molecular weight is 889 g/mol. The Labute approximate surface area is 351 Å². The van der Waals surface area contributed by atoms with Gasteiger partial charge in [-0.15, -0.1) is 11.8 Å². The molecule has 16 nitrogen and oxygen atoms in total. The first-order valence-electron chi connectivity index (χ1n) is 18.4. The molecule has 0 bridgehead atoms. The molecule has 0 saturated carbocycles. The molecule has 61 heavy (non-hydrogen) atoms. The van der Waals surface area contributed by atoms with Gasteiger partial charge < -0.3 is 52.0 Å². The van der Waals surface area contributed by atoms with Gasteiger partial charge in [0, 0.05) is 54.9 Å². The van der Waals surface area contributed by atoms with E-state index in [-0.39, 0.29) is 37.4 Å². The zero-order valence-electron chi connectivity index (χ0n) is 33.3. The Bertz CT molecular complexity index is 1980. The van der Waals surface area contributed by atoms with Crippen molar-refractivity contribution in [2.45, 2.75) is 69.7 Å². The van der Waals surface area contributed by atoms with Crippen molar-refractivity contribution < 1.29 is 71.1 Å². The predicted molar refractivity (Wildman–Crippen MR) is 213 cm³/mol. The summed E-state index contributed by atoms with van der Waals surface area (Å²) in [6.45, 7) is 4.91. The van der Waals surface area contributed by atoms with Gasteiger partial charge in [0.05, 0.1) is 23.8 Å². The number of hydrogen-bond donors (Lipinski definition) is 8. The molecule has 0 spiro atoms. The molecule has 3 aromatic rings. The normalized spacial score (nSPS) is 13.4. The van der Waals surface area contributed by atoms with E-state index in [1.807, 2.05) is 55.7 Å². The number of halogens is 5. The van der Waals surface area contributed by atoms with Crippen LogP contribution in [0.4, 0.5) is 22.0 Å². The van der Waals surface area contributed by atoms with Crippen molar-refractivity contribution in [1.82, 2.24) is 20.1 Å². The summed E-state index contributed by atoms with van der Waals surface area (Å²) in [5, 5.41) is 39.3. The summed E-state index contributed by atoms with van der Waals surface area (Å²) >= 11 is 0.792. The van der Waals surface area contributed by atoms with Crippen LogP contribution in [0, 0.1) is 17.0 Å². The van der Waals surface area contributed by atoms with Crippen LogP contribution in [0.25, 0.3) is 11.1 Å². The van der Waals surface area contributed by atoms with Crippen LogP contribution in [-0.4, -0.2) is 121 Å². The number of amides is 3. The lowest BCUT2D eigenvalue weighted by Crippen LogP contribution is -2.48. The molecule has 0 radical (unpaired) electrons. The smallest absolute Gasteiger partial charge is 0.481 e. The fourth-order valence-corrected chi connectivity index (χ4v) is 6.88. The number of alkyl halides is 3. The molecule has 2 aromatic carbocycles. The topological polar surface area (TPSA) is 268 Å². The van der Waals surface area contributed by atoms with Gasteiger partial charge in [0.25, 0.3) is 0 Å². The Morgan fingerprint density at radius 3 is 1.98 bits per heavy atom. The standard InChI is InChI=1S/C37H48F2N6O8S.C2HF3O2/c1-37(2,3)33(29-15-23(25-16-24(38)9-10-26(25)39)19-44(29)18-22-7-5-4-6-8-22)45(31(47)20-46)14-11-27(40)34(50)42-12-13-43-35(51)30(17-32(48)49)54-21-28(41)36(52)53;3-2(4,5)1(6)7/h4-10,15-16,19,27-28,30,33,46H,11-14,17-18,20-21,40-41H2,1-3H3,(H,42,50)(H,43,51)(H,48,49)(H,52,53);(H,6,7)/t27-,28-,30?,33-;/m0./s1. The second-order valence-corrected chi connectivity index (χ2v) is 15.8. The zero-order chi connectivity index (χ0) is 46.2. The van der Waals surface area contributed by atoms with Crippen molar-refractivity contribution >= 4 is 47.4 Å². The van der Waals surface area contributed by atoms with E-state index in [9.17, 15) is 46.6 Å². The minimum atomic E-state index is -5.08. The molecule has 0 fully saturated rings. The maximum absolute atomic E-state index is 15.0. The molecule has 0 saturated heterocycles. The largest absolute Gasteiger partial charge is 0.490 e. The van der Waals surface area contributed by atoms with E-state index in [0.717, 1.165) is 35.5 Å². The number of aliphatic hydroxyl groups excluding tert-OH is 1. The summed E-state index contributed by atoms with van der Waals surface area (Å²) in [6.07, 6.45) is -4.01. The molecule has 3 amide bonds. The summed E-state index contributed by atoms with van der Waals surface area (Å²) in [7, 11) is 0. The highest BCUT2D eigenvalue weighted by Gasteiger charge is 2.39. The van der Waals surface area contributed by atoms with E-state index in [1.54, 1.807) is 12.3 Å². The lowest BCUT2D eigenvalue weighted by Gasteiger charge is -2.41. The second kappa shape index (κ2) is 23.4. The van der Waals surface area contributed by atoms with Gasteiger partial charge in [-0.2, -0.15) is 13.2 Å². The van der Waals surface area contributed by atoms with Crippen molar-refractivity contribution in [2.24, 2.45) is 16.9 Å². The van der Waals surface area contributed by atoms with E-state index < -0.39 is 95.3 Å². The molecule has 336 valence electrons. The van der Waals surface area contributed by atoms with E-state index in [4.69, 9.17) is 31.6 Å². The summed E-state index contributed by atoms with van der Waals surface area (Å²) in [5.74, 6) is -8.69. The summed E-state index contributed by atoms with van der Waals surface area (Å²) in [5.41, 5.74) is 12.9. The van der Waals surface area contributed by atoms with Gasteiger partial charge in [-0.1, -0.05) is 51.1 Å². The van der Waals surface area contributed by atoms with Gasteiger partial charge >= 0.3 is 24.1 Å². The van der Waals surface area contributed by atoms with Gasteiger partial charge in [0.15, 0.2) is 0 Å². The maximum atomic E-state index is 15.0. The number of nitrogens with two attached hydrogens (primary N) is 2. The fraction of sp³-hybridized carbons (Fsp3) is 0.436. The molecule has 1 aromatic heterocycles. The molecule has 3 rings (SSSR count). The summed E-state index contributed by atoms with van der Waals surface area (Å²) < 4.78 is 62.9. The number of aliphatic carboxylic acids is 3. The fourth-order valence-electron chi connectivity index (χ4n) is 5.80. The molecule has 0 aliphatic rings. The SMILES string of the molecule is CC(C)(C)[C@H](c1cc(-c2cc(F)ccc2F)cn1Cc1ccccc1)N(CC[C@H](N)C(=O)NCCNC(=O)C(CC(=O)O)SC[C@H](N)C(=O)O)C(=O)CO.O=C(O)C(F)(F)F. The second-order valence-electron chi connectivity index (χ2n) is 14.5. The summed E-state index contributed by atoms with van der Waals surface area (Å²) in [4.78, 5) is 71.5. The van der Waals surface area contributed by atoms with Gasteiger partial charge in [0.1, 0.15) is 24.3 Å². The highest BCUT2D eigenvalue weighted by atomic mass is 32.2. The van der Waals surface area contributed by atoms with Gasteiger partial charge in [-0.25, -0.2) is 13.6 Å².